The van der Waals surface area contributed by atoms with Crippen molar-refractivity contribution in [3.8, 4) is 0 Å². The van der Waals surface area contributed by atoms with Gasteiger partial charge in [-0.3, -0.25) is 10.1 Å². The van der Waals surface area contributed by atoms with E-state index in [2.05, 4.69) is 10.6 Å². The van der Waals surface area contributed by atoms with Crippen molar-refractivity contribution in [1.82, 2.24) is 10.6 Å². The summed E-state index contributed by atoms with van der Waals surface area (Å²) in [5.41, 5.74) is 4.43. The van der Waals surface area contributed by atoms with Crippen LogP contribution in [0.3, 0.4) is 0 Å². The fraction of sp³-hybridized carbons (Fsp3) is 0.333. The molecule has 86 valence electrons. The van der Waals surface area contributed by atoms with E-state index in [4.69, 9.17) is 17.3 Å². The van der Waals surface area contributed by atoms with Crippen LogP contribution in [0.1, 0.15) is 11.3 Å². The molecule has 0 radical (unpaired) electrons. The summed E-state index contributed by atoms with van der Waals surface area (Å²) in [5, 5.41) is 4.84. The van der Waals surface area contributed by atoms with Crippen molar-refractivity contribution >= 4 is 34.9 Å². The number of carbonyl (C=O) groups is 2. The molecule has 7 heteroatoms. The maximum absolute atomic E-state index is 11.8. The Labute approximate surface area is 101 Å². The summed E-state index contributed by atoms with van der Waals surface area (Å²) in [7, 11) is 0. The van der Waals surface area contributed by atoms with E-state index in [0.29, 0.717) is 22.2 Å². The molecule has 1 aromatic rings. The molecular weight excluding hydrogens is 250 g/mol. The lowest BCUT2D eigenvalue weighted by Crippen LogP contribution is -2.44. The highest BCUT2D eigenvalue weighted by Crippen LogP contribution is 2.35. The second-order valence-electron chi connectivity index (χ2n) is 3.46. The van der Waals surface area contributed by atoms with Crippen LogP contribution in [-0.4, -0.2) is 18.5 Å². The lowest BCUT2D eigenvalue weighted by Gasteiger charge is -2.23. The molecule has 0 aromatic carbocycles. The summed E-state index contributed by atoms with van der Waals surface area (Å²) in [6, 6.07) is 2.92. The van der Waals surface area contributed by atoms with E-state index >= 15 is 0 Å². The quantitative estimate of drug-likeness (QED) is 0.702. The van der Waals surface area contributed by atoms with E-state index in [0.717, 1.165) is 0 Å². The Kier molecular flexibility index (Phi) is 2.88. The number of carbonyl (C=O) groups excluding carboxylic acids is 2. The molecule has 0 aliphatic carbocycles. The van der Waals surface area contributed by atoms with Crippen LogP contribution < -0.4 is 16.4 Å². The number of thiophene rings is 1. The van der Waals surface area contributed by atoms with Crippen LogP contribution in [0.15, 0.2) is 12.1 Å². The maximum Gasteiger partial charge on any atom is 0.322 e. The van der Waals surface area contributed by atoms with Gasteiger partial charge in [0.05, 0.1) is 4.34 Å². The average molecular weight is 260 g/mol. The van der Waals surface area contributed by atoms with E-state index in [1.54, 1.807) is 12.1 Å². The van der Waals surface area contributed by atoms with Crippen molar-refractivity contribution in [2.45, 2.75) is 12.0 Å². The minimum absolute atomic E-state index is 0.295. The number of hydrogen-bond donors (Lipinski definition) is 3. The molecular formula is C9H10ClN3O2S. The predicted molar refractivity (Wildman–Crippen MR) is 61.4 cm³/mol. The molecule has 0 saturated carbocycles. The molecule has 2 heterocycles. The Bertz CT molecular complexity index is 448. The normalized spacial score (nSPS) is 24.4. The first-order valence-electron chi connectivity index (χ1n) is 4.68. The fourth-order valence-corrected chi connectivity index (χ4v) is 2.94. The molecule has 5 nitrogen and oxygen atoms in total. The van der Waals surface area contributed by atoms with Crippen LogP contribution in [0, 0.1) is 0 Å². The molecule has 1 aliphatic heterocycles. The Morgan fingerprint density at radius 3 is 2.62 bits per heavy atom. The van der Waals surface area contributed by atoms with Crippen molar-refractivity contribution in [3.05, 3.63) is 21.3 Å². The summed E-state index contributed by atoms with van der Waals surface area (Å²) >= 11 is 7.09. The largest absolute Gasteiger partial charge is 0.330 e. The smallest absolute Gasteiger partial charge is 0.322 e. The third-order valence-corrected chi connectivity index (χ3v) is 3.85. The average Bonchev–Trinajstić information content (AvgIpc) is 2.73. The molecule has 0 spiro atoms. The van der Waals surface area contributed by atoms with Crippen molar-refractivity contribution in [1.29, 1.82) is 0 Å². The standard InChI is InChI=1S/C9H10ClN3O2S/c10-6-2-1-5(16-6)9(3-4-11)7(14)12-8(15)13-9/h1-2H,3-4,11H2,(H2,12,13,14,15). The van der Waals surface area contributed by atoms with Gasteiger partial charge in [-0.15, -0.1) is 11.3 Å². The Hall–Kier alpha value is -1.11. The first-order chi connectivity index (χ1) is 7.58. The van der Waals surface area contributed by atoms with Crippen LogP contribution in [0.5, 0.6) is 0 Å². The SMILES string of the molecule is NCCC1(c2ccc(Cl)s2)NC(=O)NC1=O. The van der Waals surface area contributed by atoms with Gasteiger partial charge in [0, 0.05) is 4.88 Å². The summed E-state index contributed by atoms with van der Waals surface area (Å²) < 4.78 is 0.570. The molecule has 1 atom stereocenters. The van der Waals surface area contributed by atoms with Crippen LogP contribution in [-0.2, 0) is 10.3 Å². The molecule has 0 bridgehead atoms. The predicted octanol–water partition coefficient (Wildman–Crippen LogP) is 0.785. The van der Waals surface area contributed by atoms with Gasteiger partial charge in [-0.05, 0) is 25.1 Å². The number of urea groups is 1. The van der Waals surface area contributed by atoms with E-state index in [1.165, 1.54) is 11.3 Å². The van der Waals surface area contributed by atoms with Crippen LogP contribution in [0.4, 0.5) is 4.79 Å². The third kappa shape index (κ3) is 1.68. The topological polar surface area (TPSA) is 84.2 Å². The molecule has 1 aromatic heterocycles. The van der Waals surface area contributed by atoms with Crippen molar-refractivity contribution < 1.29 is 9.59 Å². The Morgan fingerprint density at radius 1 is 1.44 bits per heavy atom. The van der Waals surface area contributed by atoms with Crippen LogP contribution in [0.25, 0.3) is 0 Å². The first kappa shape index (κ1) is 11.4. The minimum Gasteiger partial charge on any atom is -0.330 e. The maximum atomic E-state index is 11.8. The molecule has 3 amide bonds. The number of hydrogen-bond acceptors (Lipinski definition) is 4. The van der Waals surface area contributed by atoms with Gasteiger partial charge in [0.1, 0.15) is 0 Å². The van der Waals surface area contributed by atoms with Crippen molar-refractivity contribution in [3.63, 3.8) is 0 Å². The Morgan fingerprint density at radius 2 is 2.19 bits per heavy atom. The third-order valence-electron chi connectivity index (χ3n) is 2.45. The van der Waals surface area contributed by atoms with Gasteiger partial charge in [0.15, 0.2) is 5.54 Å². The zero-order valence-corrected chi connectivity index (χ0v) is 9.82. The molecule has 4 N–H and O–H groups in total. The molecule has 1 fully saturated rings. The lowest BCUT2D eigenvalue weighted by molar-refractivity contribution is -0.124. The van der Waals surface area contributed by atoms with Gasteiger partial charge < -0.3 is 11.1 Å². The van der Waals surface area contributed by atoms with Crippen LogP contribution >= 0.6 is 22.9 Å². The number of amides is 3. The number of rotatable bonds is 3. The van der Waals surface area contributed by atoms with Gasteiger partial charge in [-0.2, -0.15) is 0 Å². The van der Waals surface area contributed by atoms with E-state index in [-0.39, 0.29) is 5.91 Å². The summed E-state index contributed by atoms with van der Waals surface area (Å²) in [4.78, 5) is 23.7. The zero-order valence-electron chi connectivity index (χ0n) is 8.25. The minimum atomic E-state index is -1.05. The monoisotopic (exact) mass is 259 g/mol. The van der Waals surface area contributed by atoms with E-state index < -0.39 is 11.6 Å². The van der Waals surface area contributed by atoms with Crippen molar-refractivity contribution in [2.24, 2.45) is 5.73 Å². The number of halogens is 1. The fourth-order valence-electron chi connectivity index (χ4n) is 1.72. The highest BCUT2D eigenvalue weighted by atomic mass is 35.5. The summed E-state index contributed by atoms with van der Waals surface area (Å²) in [6.45, 7) is 0.295. The lowest BCUT2D eigenvalue weighted by atomic mass is 9.93. The van der Waals surface area contributed by atoms with Crippen molar-refractivity contribution in [2.75, 3.05) is 6.54 Å². The van der Waals surface area contributed by atoms with Gasteiger partial charge in [0.25, 0.3) is 5.91 Å². The van der Waals surface area contributed by atoms with E-state index in [1.807, 2.05) is 0 Å². The Balaban J connectivity index is 2.43. The summed E-state index contributed by atoms with van der Waals surface area (Å²) in [6.07, 6.45) is 0.349. The van der Waals surface area contributed by atoms with Crippen LogP contribution in [0.2, 0.25) is 4.34 Å². The van der Waals surface area contributed by atoms with Gasteiger partial charge in [-0.25, -0.2) is 4.79 Å². The molecule has 1 saturated heterocycles. The molecule has 2 rings (SSSR count). The first-order valence-corrected chi connectivity index (χ1v) is 5.87. The number of nitrogens with one attached hydrogen (secondary N) is 2. The second-order valence-corrected chi connectivity index (χ2v) is 5.17. The molecule has 1 aliphatic rings. The highest BCUT2D eigenvalue weighted by molar-refractivity contribution is 7.16. The van der Waals surface area contributed by atoms with Gasteiger partial charge >= 0.3 is 6.03 Å². The second kappa shape index (κ2) is 4.04. The summed E-state index contributed by atoms with van der Waals surface area (Å²) in [5.74, 6) is -0.374. The molecule has 16 heavy (non-hydrogen) atoms. The van der Waals surface area contributed by atoms with E-state index in [9.17, 15) is 9.59 Å². The highest BCUT2D eigenvalue weighted by Gasteiger charge is 2.47. The molecule has 1 unspecified atom stereocenters. The van der Waals surface area contributed by atoms with Gasteiger partial charge in [-0.1, -0.05) is 11.6 Å². The van der Waals surface area contributed by atoms with Gasteiger partial charge in [0.2, 0.25) is 0 Å². The number of nitrogens with two attached hydrogens (primary N) is 1. The zero-order chi connectivity index (χ0) is 11.8. The number of imide groups is 1.